The summed E-state index contributed by atoms with van der Waals surface area (Å²) in [6.45, 7) is 1.97. The molecule has 0 unspecified atom stereocenters. The van der Waals surface area contributed by atoms with Crippen molar-refractivity contribution in [3.63, 3.8) is 0 Å². The van der Waals surface area contributed by atoms with Crippen LogP contribution in [0.25, 0.3) is 11.3 Å². The molecule has 3 rings (SSSR count). The van der Waals surface area contributed by atoms with Gasteiger partial charge in [0.15, 0.2) is 0 Å². The Hall–Kier alpha value is -2.86. The van der Waals surface area contributed by atoms with E-state index in [1.807, 2.05) is 31.2 Å². The van der Waals surface area contributed by atoms with Crippen molar-refractivity contribution in [2.45, 2.75) is 19.5 Å². The first kappa shape index (κ1) is 18.9. The minimum Gasteiger partial charge on any atom is -0.457 e. The molecule has 1 aromatic heterocycles. The van der Waals surface area contributed by atoms with Crippen molar-refractivity contribution >= 4 is 0 Å². The van der Waals surface area contributed by atoms with Gasteiger partial charge in [-0.3, -0.25) is 4.98 Å². The Kier molecular flexibility index (Phi) is 5.46. The molecule has 3 nitrogen and oxygen atoms in total. The number of aliphatic hydroxyl groups is 1. The Bertz CT molecular complexity index is 904. The third-order valence-corrected chi connectivity index (χ3v) is 3.98. The van der Waals surface area contributed by atoms with Crippen LogP contribution in [-0.4, -0.2) is 16.7 Å². The highest BCUT2D eigenvalue weighted by molar-refractivity contribution is 5.61. The van der Waals surface area contributed by atoms with Crippen molar-refractivity contribution in [1.29, 1.82) is 0 Å². The molecule has 0 aliphatic rings. The van der Waals surface area contributed by atoms with E-state index in [-0.39, 0.29) is 6.61 Å². The monoisotopic (exact) mass is 373 g/mol. The van der Waals surface area contributed by atoms with Crippen molar-refractivity contribution < 1.29 is 23.0 Å². The third-order valence-electron chi connectivity index (χ3n) is 3.98. The van der Waals surface area contributed by atoms with E-state index in [4.69, 9.17) is 9.84 Å². The fourth-order valence-electron chi connectivity index (χ4n) is 2.70. The number of hydrogen-bond acceptors (Lipinski definition) is 3. The fraction of sp³-hybridized carbons (Fsp3) is 0.190. The lowest BCUT2D eigenvalue weighted by Crippen LogP contribution is -2.03. The molecule has 0 aliphatic heterocycles. The highest BCUT2D eigenvalue weighted by Gasteiger charge is 2.30. The summed E-state index contributed by atoms with van der Waals surface area (Å²) in [6, 6.07) is 15.6. The number of ether oxygens (including phenoxy) is 1. The molecule has 2 aromatic carbocycles. The maximum Gasteiger partial charge on any atom is 0.416 e. The first-order valence-corrected chi connectivity index (χ1v) is 8.39. The largest absolute Gasteiger partial charge is 0.457 e. The van der Waals surface area contributed by atoms with Gasteiger partial charge >= 0.3 is 6.18 Å². The number of pyridine rings is 1. The van der Waals surface area contributed by atoms with Crippen molar-refractivity contribution in [2.24, 2.45) is 0 Å². The lowest BCUT2D eigenvalue weighted by Gasteiger charge is -2.10. The Balaban J connectivity index is 1.76. The average Bonchev–Trinajstić information content (AvgIpc) is 2.62. The molecule has 0 spiro atoms. The number of halogens is 3. The van der Waals surface area contributed by atoms with E-state index in [1.165, 1.54) is 12.1 Å². The summed E-state index contributed by atoms with van der Waals surface area (Å²) in [7, 11) is 0. The quantitative estimate of drug-likeness (QED) is 0.651. The zero-order valence-corrected chi connectivity index (χ0v) is 14.6. The lowest BCUT2D eigenvalue weighted by atomic mass is 10.1. The Morgan fingerprint density at radius 1 is 0.926 bits per heavy atom. The number of rotatable bonds is 5. The maximum absolute atomic E-state index is 12.6. The Morgan fingerprint density at radius 3 is 2.07 bits per heavy atom. The molecule has 0 atom stereocenters. The number of nitrogens with zero attached hydrogens (tertiary/aromatic N) is 1. The van der Waals surface area contributed by atoms with E-state index in [0.29, 0.717) is 17.9 Å². The van der Waals surface area contributed by atoms with Crippen LogP contribution in [-0.2, 0) is 12.6 Å². The van der Waals surface area contributed by atoms with Crippen LogP contribution in [0.1, 0.15) is 16.8 Å². The van der Waals surface area contributed by atoms with Crippen LogP contribution in [0.4, 0.5) is 13.2 Å². The van der Waals surface area contributed by atoms with E-state index < -0.39 is 11.7 Å². The molecule has 0 bridgehead atoms. The molecule has 0 aliphatic carbocycles. The summed E-state index contributed by atoms with van der Waals surface area (Å²) in [6.07, 6.45) is -3.80. The van der Waals surface area contributed by atoms with Crippen LogP contribution in [0.2, 0.25) is 0 Å². The SMILES string of the molecule is Cc1cc(CCO)cc(-c2ccc(Oc3ccc(C(F)(F)F)cc3)cc2)n1. The number of benzene rings is 2. The normalized spacial score (nSPS) is 11.4. The second kappa shape index (κ2) is 7.80. The van der Waals surface area contributed by atoms with Crippen molar-refractivity contribution in [3.8, 4) is 22.8 Å². The molecular formula is C21H18F3NO2. The topological polar surface area (TPSA) is 42.4 Å². The minimum atomic E-state index is -4.37. The summed E-state index contributed by atoms with van der Waals surface area (Å²) in [5.74, 6) is 0.844. The molecule has 140 valence electrons. The van der Waals surface area contributed by atoms with Gasteiger partial charge < -0.3 is 9.84 Å². The van der Waals surface area contributed by atoms with Crippen molar-refractivity contribution in [1.82, 2.24) is 4.98 Å². The van der Waals surface area contributed by atoms with Gasteiger partial charge in [-0.05, 0) is 79.6 Å². The molecule has 0 saturated heterocycles. The molecular weight excluding hydrogens is 355 g/mol. The van der Waals surface area contributed by atoms with E-state index in [2.05, 4.69) is 4.98 Å². The Labute approximate surface area is 155 Å². The number of aliphatic hydroxyl groups excluding tert-OH is 1. The van der Waals surface area contributed by atoms with Gasteiger partial charge in [0.2, 0.25) is 0 Å². The molecule has 0 fully saturated rings. The zero-order valence-electron chi connectivity index (χ0n) is 14.6. The minimum absolute atomic E-state index is 0.0722. The summed E-state index contributed by atoms with van der Waals surface area (Å²) in [5, 5.41) is 9.11. The summed E-state index contributed by atoms with van der Waals surface area (Å²) in [5.41, 5.74) is 2.83. The van der Waals surface area contributed by atoms with Crippen LogP contribution < -0.4 is 4.74 Å². The molecule has 0 radical (unpaired) electrons. The predicted octanol–water partition coefficient (Wildman–Crippen LogP) is 5.40. The smallest absolute Gasteiger partial charge is 0.416 e. The van der Waals surface area contributed by atoms with Crippen molar-refractivity contribution in [2.75, 3.05) is 6.61 Å². The highest BCUT2D eigenvalue weighted by Crippen LogP contribution is 2.32. The summed E-state index contributed by atoms with van der Waals surface area (Å²) in [4.78, 5) is 4.50. The third kappa shape index (κ3) is 4.86. The zero-order chi connectivity index (χ0) is 19.4. The fourth-order valence-corrected chi connectivity index (χ4v) is 2.70. The standard InChI is InChI=1S/C21H18F3NO2/c1-14-12-15(10-11-26)13-20(25-14)16-2-6-18(7-3-16)27-19-8-4-17(5-9-19)21(22,23)24/h2-9,12-13,26H,10-11H2,1H3. The van der Waals surface area contributed by atoms with E-state index in [0.717, 1.165) is 34.6 Å². The van der Waals surface area contributed by atoms with Crippen LogP contribution in [0, 0.1) is 6.92 Å². The second-order valence-corrected chi connectivity index (χ2v) is 6.12. The van der Waals surface area contributed by atoms with Gasteiger partial charge in [0.1, 0.15) is 11.5 Å². The highest BCUT2D eigenvalue weighted by atomic mass is 19.4. The molecule has 1 heterocycles. The van der Waals surface area contributed by atoms with Gasteiger partial charge in [0.25, 0.3) is 0 Å². The van der Waals surface area contributed by atoms with Crippen LogP contribution >= 0.6 is 0 Å². The van der Waals surface area contributed by atoms with Crippen LogP contribution in [0.15, 0.2) is 60.7 Å². The van der Waals surface area contributed by atoms with Crippen molar-refractivity contribution in [3.05, 3.63) is 77.5 Å². The number of alkyl halides is 3. The first-order valence-electron chi connectivity index (χ1n) is 8.39. The number of aromatic nitrogens is 1. The maximum atomic E-state index is 12.6. The molecule has 3 aromatic rings. The van der Waals surface area contributed by atoms with Gasteiger partial charge in [-0.15, -0.1) is 0 Å². The van der Waals surface area contributed by atoms with Gasteiger partial charge in [-0.25, -0.2) is 0 Å². The Morgan fingerprint density at radius 2 is 1.52 bits per heavy atom. The molecule has 0 saturated carbocycles. The van der Waals surface area contributed by atoms with Gasteiger partial charge in [-0.2, -0.15) is 13.2 Å². The molecule has 6 heteroatoms. The summed E-state index contributed by atoms with van der Waals surface area (Å²) >= 11 is 0. The first-order chi connectivity index (χ1) is 12.8. The van der Waals surface area contributed by atoms with Gasteiger partial charge in [-0.1, -0.05) is 0 Å². The van der Waals surface area contributed by atoms with E-state index in [9.17, 15) is 13.2 Å². The van der Waals surface area contributed by atoms with Crippen LogP contribution in [0.3, 0.4) is 0 Å². The molecule has 0 amide bonds. The van der Waals surface area contributed by atoms with Gasteiger partial charge in [0, 0.05) is 17.9 Å². The number of aryl methyl sites for hydroxylation is 1. The van der Waals surface area contributed by atoms with E-state index in [1.54, 1.807) is 12.1 Å². The molecule has 1 N–H and O–H groups in total. The van der Waals surface area contributed by atoms with Crippen LogP contribution in [0.5, 0.6) is 11.5 Å². The van der Waals surface area contributed by atoms with E-state index >= 15 is 0 Å². The second-order valence-electron chi connectivity index (χ2n) is 6.12. The summed E-state index contributed by atoms with van der Waals surface area (Å²) < 4.78 is 43.4. The molecule has 27 heavy (non-hydrogen) atoms. The average molecular weight is 373 g/mol. The number of hydrogen-bond donors (Lipinski definition) is 1. The predicted molar refractivity (Wildman–Crippen MR) is 96.7 cm³/mol. The van der Waals surface area contributed by atoms with Gasteiger partial charge in [0.05, 0.1) is 11.3 Å². The lowest BCUT2D eigenvalue weighted by molar-refractivity contribution is -0.137.